The molecule has 122 valence electrons. The zero-order valence-corrected chi connectivity index (χ0v) is 12.8. The monoisotopic (exact) mass is 305 g/mol. The lowest BCUT2D eigenvalue weighted by Crippen LogP contribution is -2.40. The molecule has 0 amide bonds. The first-order chi connectivity index (χ1) is 9.80. The van der Waals surface area contributed by atoms with E-state index in [-0.39, 0.29) is 12.6 Å². The number of nitrogens with zero attached hydrogens (tertiary/aromatic N) is 3. The van der Waals surface area contributed by atoms with Crippen molar-refractivity contribution in [3.05, 3.63) is 0 Å². The SMILES string of the molecule is CC(OC(=O)OC(C)(C)C)On1on1N1CCC[C@H]1CO. The number of rotatable bonds is 5. The molecule has 2 rings (SSSR count). The third-order valence-electron chi connectivity index (χ3n) is 2.92. The smallest absolute Gasteiger partial charge is 0.428 e. The number of ether oxygens (including phenoxy) is 2. The molecule has 0 saturated carbocycles. The van der Waals surface area contributed by atoms with Crippen LogP contribution in [0.2, 0.25) is 0 Å². The van der Waals surface area contributed by atoms with Gasteiger partial charge in [0, 0.05) is 13.5 Å². The van der Waals surface area contributed by atoms with Gasteiger partial charge < -0.3 is 19.4 Å². The summed E-state index contributed by atoms with van der Waals surface area (Å²) in [5.41, 5.74) is -0.622. The van der Waals surface area contributed by atoms with Crippen LogP contribution in [0.15, 0.2) is 4.63 Å². The average molecular weight is 305 g/mol. The van der Waals surface area contributed by atoms with Crippen molar-refractivity contribution in [2.24, 2.45) is 0 Å². The Morgan fingerprint density at radius 3 is 2.81 bits per heavy atom. The summed E-state index contributed by atoms with van der Waals surface area (Å²) in [5.74, 6) is 0. The third-order valence-corrected chi connectivity index (χ3v) is 2.92. The highest BCUT2D eigenvalue weighted by atomic mass is 17.0. The molecule has 21 heavy (non-hydrogen) atoms. The van der Waals surface area contributed by atoms with E-state index < -0.39 is 18.0 Å². The summed E-state index contributed by atoms with van der Waals surface area (Å²) in [4.78, 5) is 18.1. The molecule has 2 heterocycles. The van der Waals surface area contributed by atoms with Crippen LogP contribution in [0.4, 0.5) is 4.79 Å². The van der Waals surface area contributed by atoms with E-state index in [0.29, 0.717) is 0 Å². The molecule has 1 fully saturated rings. The first-order valence-corrected chi connectivity index (χ1v) is 7.02. The minimum Gasteiger partial charge on any atom is -0.428 e. The maximum Gasteiger partial charge on any atom is 0.511 e. The zero-order valence-electron chi connectivity index (χ0n) is 12.8. The maximum atomic E-state index is 11.5. The molecule has 9 heteroatoms. The van der Waals surface area contributed by atoms with Gasteiger partial charge in [-0.15, -0.1) is 0 Å². The molecule has 1 saturated heterocycles. The minimum atomic E-state index is -0.861. The van der Waals surface area contributed by atoms with E-state index in [2.05, 4.69) is 0 Å². The molecule has 1 unspecified atom stereocenters. The van der Waals surface area contributed by atoms with E-state index in [1.165, 1.54) is 4.96 Å². The topological polar surface area (TPSA) is 91.2 Å². The zero-order chi connectivity index (χ0) is 15.6. The van der Waals surface area contributed by atoms with Gasteiger partial charge >= 0.3 is 6.16 Å². The normalized spacial score (nSPS) is 20.6. The molecule has 0 aromatic carbocycles. The lowest BCUT2D eigenvalue weighted by atomic mass is 10.2. The second-order valence-electron chi connectivity index (χ2n) is 5.97. The summed E-state index contributed by atoms with van der Waals surface area (Å²) in [6, 6.07) is 0.0145. The summed E-state index contributed by atoms with van der Waals surface area (Å²) in [6.45, 7) is 7.62. The Morgan fingerprint density at radius 2 is 2.19 bits per heavy atom. The van der Waals surface area contributed by atoms with Gasteiger partial charge in [-0.05, 0) is 33.6 Å². The molecule has 0 aliphatic carbocycles. The quantitative estimate of drug-likeness (QED) is 0.632. The first-order valence-electron chi connectivity index (χ1n) is 7.02. The second kappa shape index (κ2) is 5.92. The summed E-state index contributed by atoms with van der Waals surface area (Å²) >= 11 is 0. The number of hydrogen-bond donors (Lipinski definition) is 1. The fraction of sp³-hybridized carbons (Fsp3) is 0.917. The Morgan fingerprint density at radius 1 is 1.48 bits per heavy atom. The van der Waals surface area contributed by atoms with Gasteiger partial charge in [-0.2, -0.15) is 4.63 Å². The van der Waals surface area contributed by atoms with Crippen LogP contribution in [-0.2, 0) is 9.47 Å². The minimum absolute atomic E-state index is 0.0145. The Bertz CT molecular complexity index is 457. The van der Waals surface area contributed by atoms with Crippen molar-refractivity contribution < 1.29 is 28.8 Å². The Hall–Kier alpha value is -1.77. The molecule has 1 aromatic rings. The molecule has 1 aliphatic heterocycles. The summed E-state index contributed by atoms with van der Waals surface area (Å²) in [5, 5.41) is 12.2. The van der Waals surface area contributed by atoms with Gasteiger partial charge in [0.2, 0.25) is 0 Å². The van der Waals surface area contributed by atoms with E-state index in [1.54, 1.807) is 27.7 Å². The van der Waals surface area contributed by atoms with Crippen molar-refractivity contribution in [1.82, 2.24) is 9.98 Å². The van der Waals surface area contributed by atoms with E-state index in [1.807, 2.05) is 5.01 Å². The van der Waals surface area contributed by atoms with Crippen molar-refractivity contribution >= 4 is 6.16 Å². The van der Waals surface area contributed by atoms with Crippen LogP contribution >= 0.6 is 0 Å². The fourth-order valence-electron chi connectivity index (χ4n) is 2.04. The van der Waals surface area contributed by atoms with Gasteiger partial charge in [0.25, 0.3) is 6.29 Å². The highest BCUT2D eigenvalue weighted by Crippen LogP contribution is 2.17. The van der Waals surface area contributed by atoms with Crippen LogP contribution in [0.25, 0.3) is 0 Å². The number of carbonyl (C=O) groups is 1. The van der Waals surface area contributed by atoms with Crippen LogP contribution in [0.5, 0.6) is 0 Å². The van der Waals surface area contributed by atoms with Crippen molar-refractivity contribution in [1.29, 1.82) is 0 Å². The molecule has 1 aromatic heterocycles. The number of aliphatic hydroxyl groups excluding tert-OH is 1. The van der Waals surface area contributed by atoms with Crippen molar-refractivity contribution in [3.8, 4) is 0 Å². The Kier molecular flexibility index (Phi) is 4.40. The lowest BCUT2D eigenvalue weighted by Gasteiger charge is -2.20. The van der Waals surface area contributed by atoms with Crippen LogP contribution < -0.4 is 9.85 Å². The van der Waals surface area contributed by atoms with E-state index in [4.69, 9.17) is 18.9 Å². The van der Waals surface area contributed by atoms with Crippen LogP contribution in [0.1, 0.15) is 40.5 Å². The molecular formula is C12H23N3O6. The van der Waals surface area contributed by atoms with Gasteiger partial charge in [-0.25, -0.2) is 4.79 Å². The predicted molar refractivity (Wildman–Crippen MR) is 71.2 cm³/mol. The van der Waals surface area contributed by atoms with E-state index >= 15 is 0 Å². The third kappa shape index (κ3) is 4.35. The molecule has 9 nitrogen and oxygen atoms in total. The number of carbonyl (C=O) groups excluding carboxylic acids is 1. The Balaban J connectivity index is 1.77. The number of aliphatic hydroxyl groups is 1. The molecule has 2 atom stereocenters. The molecule has 1 N–H and O–H groups in total. The van der Waals surface area contributed by atoms with Crippen molar-refractivity contribution in [2.45, 2.75) is 58.5 Å². The van der Waals surface area contributed by atoms with E-state index in [0.717, 1.165) is 24.4 Å². The maximum absolute atomic E-state index is 11.5. The molecule has 0 spiro atoms. The molecular weight excluding hydrogens is 282 g/mol. The average Bonchev–Trinajstić information content (AvgIpc) is 2.92. The molecule has 0 bridgehead atoms. The van der Waals surface area contributed by atoms with Crippen LogP contribution in [0.3, 0.4) is 0 Å². The van der Waals surface area contributed by atoms with Gasteiger partial charge in [-0.3, -0.25) is 5.01 Å². The number of aromatic nitrogens is 2. The van der Waals surface area contributed by atoms with E-state index in [9.17, 15) is 9.90 Å². The summed E-state index contributed by atoms with van der Waals surface area (Å²) < 4.78 is 15.1. The predicted octanol–water partition coefficient (Wildman–Crippen LogP) is 0.702. The first kappa shape index (κ1) is 15.6. The summed E-state index contributed by atoms with van der Waals surface area (Å²) in [6.07, 6.45) is 0.203. The van der Waals surface area contributed by atoms with Crippen molar-refractivity contribution in [2.75, 3.05) is 18.2 Å². The lowest BCUT2D eigenvalue weighted by molar-refractivity contribution is -0.142. The fourth-order valence-corrected chi connectivity index (χ4v) is 2.04. The van der Waals surface area contributed by atoms with Gasteiger partial charge in [0.15, 0.2) is 0 Å². The number of hydrogen-bond acceptors (Lipinski definition) is 7. The highest BCUT2D eigenvalue weighted by Gasteiger charge is 2.32. The van der Waals surface area contributed by atoms with Gasteiger partial charge in [0.05, 0.1) is 17.6 Å². The standard InChI is InChI=1S/C12H23N3O6/c1-9(18-11(17)19-12(2,3)4)20-15-14(21-15)13-7-5-6-10(13)8-16/h9-10,16H,5-8H2,1-4H3/t9?,10-,14?,15?/m0/s1. The van der Waals surface area contributed by atoms with Gasteiger partial charge in [-0.1, -0.05) is 0 Å². The Labute approximate surface area is 122 Å². The largest absolute Gasteiger partial charge is 0.511 e. The van der Waals surface area contributed by atoms with Crippen LogP contribution in [0, 0.1) is 0 Å². The van der Waals surface area contributed by atoms with Crippen LogP contribution in [-0.4, -0.2) is 52.3 Å². The molecule has 1 aliphatic rings. The highest BCUT2D eigenvalue weighted by molar-refractivity contribution is 5.60. The summed E-state index contributed by atoms with van der Waals surface area (Å²) in [7, 11) is 0. The van der Waals surface area contributed by atoms with Crippen molar-refractivity contribution in [3.63, 3.8) is 0 Å². The molecule has 0 radical (unpaired) electrons. The van der Waals surface area contributed by atoms with Gasteiger partial charge in [0.1, 0.15) is 10.6 Å². The second-order valence-corrected chi connectivity index (χ2v) is 5.97.